The molecule has 112 valence electrons. The Morgan fingerprint density at radius 3 is 2.76 bits per heavy atom. The fraction of sp³-hybridized carbons (Fsp3) is 0.500. The molecule has 0 aliphatic carbocycles. The molecular formula is C18H24N2O. The number of nitrogens with zero attached hydrogens (tertiary/aromatic N) is 2. The van der Waals surface area contributed by atoms with Gasteiger partial charge in [-0.15, -0.1) is 0 Å². The molecule has 1 atom stereocenters. The summed E-state index contributed by atoms with van der Waals surface area (Å²) in [6, 6.07) is 11.5. The second-order valence-corrected chi connectivity index (χ2v) is 6.09. The van der Waals surface area contributed by atoms with Gasteiger partial charge in [0, 0.05) is 18.2 Å². The number of hydrogen-bond donors (Lipinski definition) is 0. The predicted octanol–water partition coefficient (Wildman–Crippen LogP) is 3.89. The molecule has 3 nitrogen and oxygen atoms in total. The molecule has 1 aromatic heterocycles. The maximum absolute atomic E-state index is 5.29. The van der Waals surface area contributed by atoms with Crippen LogP contribution in [-0.2, 0) is 13.0 Å². The van der Waals surface area contributed by atoms with Gasteiger partial charge in [-0.25, -0.2) is 0 Å². The van der Waals surface area contributed by atoms with Gasteiger partial charge in [-0.2, -0.15) is 0 Å². The summed E-state index contributed by atoms with van der Waals surface area (Å²) < 4.78 is 5.29. The van der Waals surface area contributed by atoms with Crippen molar-refractivity contribution in [3.63, 3.8) is 0 Å². The number of benzene rings is 1. The summed E-state index contributed by atoms with van der Waals surface area (Å²) in [7, 11) is 0. The normalized spacial score (nSPS) is 19.2. The van der Waals surface area contributed by atoms with Crippen molar-refractivity contribution in [2.75, 3.05) is 6.54 Å². The van der Waals surface area contributed by atoms with Crippen LogP contribution in [0.25, 0.3) is 0 Å². The second-order valence-electron chi connectivity index (χ2n) is 6.09. The molecule has 1 aromatic carbocycles. The van der Waals surface area contributed by atoms with Gasteiger partial charge < -0.3 is 4.52 Å². The van der Waals surface area contributed by atoms with E-state index < -0.39 is 0 Å². The third kappa shape index (κ3) is 3.35. The minimum atomic E-state index is 0.693. The van der Waals surface area contributed by atoms with Crippen LogP contribution in [0.3, 0.4) is 0 Å². The van der Waals surface area contributed by atoms with Gasteiger partial charge in [-0.05, 0) is 51.6 Å². The second kappa shape index (κ2) is 6.44. The van der Waals surface area contributed by atoms with Crippen molar-refractivity contribution in [2.45, 2.75) is 52.1 Å². The molecule has 0 bridgehead atoms. The molecule has 2 aromatic rings. The summed E-state index contributed by atoms with van der Waals surface area (Å²) in [5, 5.41) is 4.08. The highest BCUT2D eigenvalue weighted by Crippen LogP contribution is 2.25. The predicted molar refractivity (Wildman–Crippen MR) is 84.2 cm³/mol. The molecule has 3 rings (SSSR count). The van der Waals surface area contributed by atoms with Crippen LogP contribution in [0, 0.1) is 13.8 Å². The third-order valence-electron chi connectivity index (χ3n) is 4.65. The van der Waals surface area contributed by atoms with Crippen molar-refractivity contribution in [2.24, 2.45) is 0 Å². The summed E-state index contributed by atoms with van der Waals surface area (Å²) in [4.78, 5) is 2.61. The van der Waals surface area contributed by atoms with Crippen molar-refractivity contribution in [3.05, 3.63) is 52.9 Å². The lowest BCUT2D eigenvalue weighted by Gasteiger charge is -2.24. The Morgan fingerprint density at radius 2 is 2.05 bits per heavy atom. The first kappa shape index (κ1) is 14.3. The minimum absolute atomic E-state index is 0.693. The average molecular weight is 284 g/mol. The van der Waals surface area contributed by atoms with E-state index in [1.54, 1.807) is 0 Å². The summed E-state index contributed by atoms with van der Waals surface area (Å²) in [5.74, 6) is 0.973. The van der Waals surface area contributed by atoms with E-state index in [1.807, 2.05) is 13.8 Å². The van der Waals surface area contributed by atoms with E-state index in [1.165, 1.54) is 43.4 Å². The molecule has 0 amide bonds. The first-order chi connectivity index (χ1) is 10.2. The van der Waals surface area contributed by atoms with E-state index in [9.17, 15) is 0 Å². The van der Waals surface area contributed by atoms with Crippen molar-refractivity contribution in [3.8, 4) is 0 Å². The summed E-state index contributed by atoms with van der Waals surface area (Å²) in [5.41, 5.74) is 3.77. The van der Waals surface area contributed by atoms with Crippen LogP contribution in [0.1, 0.15) is 41.8 Å². The minimum Gasteiger partial charge on any atom is -0.361 e. The molecule has 3 heteroatoms. The number of hydrogen-bond acceptors (Lipinski definition) is 3. The molecule has 1 aliphatic rings. The van der Waals surface area contributed by atoms with Crippen LogP contribution in [0.15, 0.2) is 34.9 Å². The fourth-order valence-corrected chi connectivity index (χ4v) is 3.34. The van der Waals surface area contributed by atoms with Gasteiger partial charge in [0.2, 0.25) is 0 Å². The average Bonchev–Trinajstić information content (AvgIpc) is 3.08. The molecule has 1 fully saturated rings. The van der Waals surface area contributed by atoms with Crippen LogP contribution in [-0.4, -0.2) is 22.6 Å². The first-order valence-electron chi connectivity index (χ1n) is 7.94. The van der Waals surface area contributed by atoms with Crippen molar-refractivity contribution >= 4 is 0 Å². The van der Waals surface area contributed by atoms with E-state index in [0.717, 1.165) is 18.0 Å². The summed E-state index contributed by atoms with van der Waals surface area (Å²) in [6.07, 6.45) is 5.04. The molecule has 2 heterocycles. The number of aromatic nitrogens is 1. The zero-order valence-corrected chi connectivity index (χ0v) is 13.0. The highest BCUT2D eigenvalue weighted by atomic mass is 16.5. The van der Waals surface area contributed by atoms with Gasteiger partial charge in [-0.1, -0.05) is 35.5 Å². The molecule has 1 saturated heterocycles. The Balaban J connectivity index is 1.60. The Hall–Kier alpha value is -1.61. The van der Waals surface area contributed by atoms with Gasteiger partial charge in [0.15, 0.2) is 0 Å². The Kier molecular flexibility index (Phi) is 4.39. The highest BCUT2D eigenvalue weighted by Gasteiger charge is 2.26. The number of likely N-dealkylation sites (tertiary alicyclic amines) is 1. The van der Waals surface area contributed by atoms with Crippen molar-refractivity contribution < 1.29 is 4.52 Å². The van der Waals surface area contributed by atoms with Gasteiger partial charge in [-0.3, -0.25) is 4.90 Å². The van der Waals surface area contributed by atoms with Crippen molar-refractivity contribution in [1.29, 1.82) is 0 Å². The maximum Gasteiger partial charge on any atom is 0.138 e. The van der Waals surface area contributed by atoms with E-state index in [0.29, 0.717) is 6.04 Å². The number of aryl methyl sites for hydroxylation is 3. The lowest BCUT2D eigenvalue weighted by Crippen LogP contribution is -2.29. The smallest absolute Gasteiger partial charge is 0.138 e. The van der Waals surface area contributed by atoms with Gasteiger partial charge in [0.1, 0.15) is 5.76 Å². The molecule has 0 radical (unpaired) electrons. The standard InChI is InChI=1S/C18H24N2O/c1-14-18(15(2)21-19-14)13-20-12-6-9-17(20)11-10-16-7-4-3-5-8-16/h3-5,7-8,17H,6,9-13H2,1-2H3/t17-/m1/s1. The lowest BCUT2D eigenvalue weighted by atomic mass is 10.0. The molecule has 1 aliphatic heterocycles. The Bertz CT molecular complexity index is 557. The quantitative estimate of drug-likeness (QED) is 0.834. The van der Waals surface area contributed by atoms with Gasteiger partial charge >= 0.3 is 0 Å². The summed E-state index contributed by atoms with van der Waals surface area (Å²) >= 11 is 0. The molecule has 0 unspecified atom stereocenters. The van der Waals surface area contributed by atoms with E-state index in [-0.39, 0.29) is 0 Å². The van der Waals surface area contributed by atoms with Gasteiger partial charge in [0.25, 0.3) is 0 Å². The van der Waals surface area contributed by atoms with Crippen LogP contribution in [0.5, 0.6) is 0 Å². The van der Waals surface area contributed by atoms with E-state index in [2.05, 4.69) is 40.4 Å². The fourth-order valence-electron chi connectivity index (χ4n) is 3.34. The van der Waals surface area contributed by atoms with Crippen LogP contribution >= 0.6 is 0 Å². The topological polar surface area (TPSA) is 29.3 Å². The largest absolute Gasteiger partial charge is 0.361 e. The maximum atomic E-state index is 5.29. The molecule has 0 saturated carbocycles. The molecule has 0 N–H and O–H groups in total. The van der Waals surface area contributed by atoms with Crippen LogP contribution in [0.2, 0.25) is 0 Å². The molecule has 0 spiro atoms. The zero-order valence-electron chi connectivity index (χ0n) is 13.0. The number of rotatable bonds is 5. The van der Waals surface area contributed by atoms with Crippen LogP contribution < -0.4 is 0 Å². The Morgan fingerprint density at radius 1 is 1.24 bits per heavy atom. The third-order valence-corrected chi connectivity index (χ3v) is 4.65. The van der Waals surface area contributed by atoms with Crippen LogP contribution in [0.4, 0.5) is 0 Å². The Labute approximate surface area is 126 Å². The van der Waals surface area contributed by atoms with E-state index in [4.69, 9.17) is 4.52 Å². The molecule has 21 heavy (non-hydrogen) atoms. The first-order valence-corrected chi connectivity index (χ1v) is 7.94. The summed E-state index contributed by atoms with van der Waals surface area (Å²) in [6.45, 7) is 6.25. The monoisotopic (exact) mass is 284 g/mol. The highest BCUT2D eigenvalue weighted by molar-refractivity contribution is 5.21. The van der Waals surface area contributed by atoms with Crippen molar-refractivity contribution in [1.82, 2.24) is 10.1 Å². The van der Waals surface area contributed by atoms with Gasteiger partial charge in [0.05, 0.1) is 5.69 Å². The van der Waals surface area contributed by atoms with E-state index >= 15 is 0 Å². The SMILES string of the molecule is Cc1noc(C)c1CN1CCC[C@@H]1CCc1ccccc1. The molecular weight excluding hydrogens is 260 g/mol. The zero-order chi connectivity index (χ0) is 14.7. The lowest BCUT2D eigenvalue weighted by molar-refractivity contribution is 0.233.